The lowest BCUT2D eigenvalue weighted by Gasteiger charge is -2.07. The minimum atomic E-state index is -4.45. The van der Waals surface area contributed by atoms with Gasteiger partial charge in [-0.3, -0.25) is 4.40 Å². The third-order valence-electron chi connectivity index (χ3n) is 2.83. The topological polar surface area (TPSA) is 30.2 Å². The molecule has 0 fully saturated rings. The smallest absolute Gasteiger partial charge is 0.282 e. The van der Waals surface area contributed by atoms with Crippen molar-refractivity contribution in [2.75, 3.05) is 0 Å². The van der Waals surface area contributed by atoms with Gasteiger partial charge in [-0.2, -0.15) is 13.2 Å². The Kier molecular flexibility index (Phi) is 2.70. The van der Waals surface area contributed by atoms with E-state index in [1.807, 2.05) is 0 Å². The van der Waals surface area contributed by atoms with E-state index in [2.05, 4.69) is 10.2 Å². The van der Waals surface area contributed by atoms with Gasteiger partial charge in [-0.1, -0.05) is 0 Å². The SMILES string of the molecule is Fc1ccc(-c2nnc3ccc(C(F)(F)F)cn23)cc1. The van der Waals surface area contributed by atoms with E-state index in [1.54, 1.807) is 0 Å². The lowest BCUT2D eigenvalue weighted by Crippen LogP contribution is -2.06. The van der Waals surface area contributed by atoms with E-state index in [1.165, 1.54) is 34.7 Å². The highest BCUT2D eigenvalue weighted by molar-refractivity contribution is 5.59. The Morgan fingerprint density at radius 1 is 0.900 bits per heavy atom. The molecule has 2 heterocycles. The second kappa shape index (κ2) is 4.29. The molecule has 20 heavy (non-hydrogen) atoms. The number of nitrogens with zero attached hydrogens (tertiary/aromatic N) is 3. The monoisotopic (exact) mass is 281 g/mol. The van der Waals surface area contributed by atoms with Crippen molar-refractivity contribution in [3.05, 3.63) is 54.0 Å². The summed E-state index contributed by atoms with van der Waals surface area (Å²) in [6.07, 6.45) is -3.52. The fourth-order valence-corrected chi connectivity index (χ4v) is 1.85. The van der Waals surface area contributed by atoms with Gasteiger partial charge in [-0.15, -0.1) is 10.2 Å². The summed E-state index contributed by atoms with van der Waals surface area (Å²) in [7, 11) is 0. The number of halogens is 4. The molecule has 0 radical (unpaired) electrons. The van der Waals surface area contributed by atoms with Gasteiger partial charge in [0.15, 0.2) is 11.5 Å². The predicted octanol–water partition coefficient (Wildman–Crippen LogP) is 3.55. The quantitative estimate of drug-likeness (QED) is 0.638. The third-order valence-corrected chi connectivity index (χ3v) is 2.83. The summed E-state index contributed by atoms with van der Waals surface area (Å²) in [5.41, 5.74) is -0.0243. The summed E-state index contributed by atoms with van der Waals surface area (Å²) in [6, 6.07) is 7.48. The van der Waals surface area contributed by atoms with Crippen LogP contribution in [0.1, 0.15) is 5.56 Å². The van der Waals surface area contributed by atoms with Crippen molar-refractivity contribution in [2.24, 2.45) is 0 Å². The van der Waals surface area contributed by atoms with Crippen LogP contribution >= 0.6 is 0 Å². The summed E-state index contributed by atoms with van der Waals surface area (Å²) in [4.78, 5) is 0. The Bertz CT molecular complexity index is 759. The zero-order valence-corrected chi connectivity index (χ0v) is 9.89. The minimum Gasteiger partial charge on any atom is -0.282 e. The van der Waals surface area contributed by atoms with Crippen LogP contribution in [0, 0.1) is 5.82 Å². The van der Waals surface area contributed by atoms with Gasteiger partial charge in [-0.25, -0.2) is 4.39 Å². The van der Waals surface area contributed by atoms with Crippen LogP contribution in [0.15, 0.2) is 42.6 Å². The van der Waals surface area contributed by atoms with Crippen LogP contribution in [-0.2, 0) is 6.18 Å². The van der Waals surface area contributed by atoms with Crippen LogP contribution < -0.4 is 0 Å². The second-order valence-corrected chi connectivity index (χ2v) is 4.17. The first-order valence-electron chi connectivity index (χ1n) is 5.63. The number of aromatic nitrogens is 3. The molecule has 2 aromatic heterocycles. The van der Waals surface area contributed by atoms with Crippen LogP contribution in [0.3, 0.4) is 0 Å². The summed E-state index contributed by atoms with van der Waals surface area (Å²) in [6.45, 7) is 0. The largest absolute Gasteiger partial charge is 0.417 e. The Labute approximate surface area is 110 Å². The number of pyridine rings is 1. The van der Waals surface area contributed by atoms with Gasteiger partial charge in [0, 0.05) is 11.8 Å². The van der Waals surface area contributed by atoms with Crippen molar-refractivity contribution >= 4 is 5.65 Å². The van der Waals surface area contributed by atoms with Crippen molar-refractivity contribution < 1.29 is 17.6 Å². The van der Waals surface area contributed by atoms with E-state index < -0.39 is 17.6 Å². The van der Waals surface area contributed by atoms with Gasteiger partial charge >= 0.3 is 6.18 Å². The van der Waals surface area contributed by atoms with Gasteiger partial charge in [-0.05, 0) is 36.4 Å². The number of fused-ring (bicyclic) bond motifs is 1. The van der Waals surface area contributed by atoms with Gasteiger partial charge in [0.1, 0.15) is 5.82 Å². The van der Waals surface area contributed by atoms with Crippen LogP contribution in [-0.4, -0.2) is 14.6 Å². The highest BCUT2D eigenvalue weighted by Crippen LogP contribution is 2.30. The molecular weight excluding hydrogens is 274 g/mol. The summed E-state index contributed by atoms with van der Waals surface area (Å²) >= 11 is 0. The van der Waals surface area contributed by atoms with E-state index >= 15 is 0 Å². The molecule has 1 aromatic carbocycles. The molecule has 0 spiro atoms. The molecule has 3 aromatic rings. The van der Waals surface area contributed by atoms with Gasteiger partial charge < -0.3 is 0 Å². The van der Waals surface area contributed by atoms with Gasteiger partial charge in [0.2, 0.25) is 0 Å². The van der Waals surface area contributed by atoms with Gasteiger partial charge in [0.05, 0.1) is 5.56 Å². The van der Waals surface area contributed by atoms with E-state index in [0.29, 0.717) is 5.56 Å². The second-order valence-electron chi connectivity index (χ2n) is 4.17. The molecule has 0 aliphatic rings. The van der Waals surface area contributed by atoms with E-state index in [0.717, 1.165) is 12.3 Å². The lowest BCUT2D eigenvalue weighted by atomic mass is 10.2. The Morgan fingerprint density at radius 3 is 2.25 bits per heavy atom. The molecule has 7 heteroatoms. The number of hydrogen-bond acceptors (Lipinski definition) is 2. The average Bonchev–Trinajstić information content (AvgIpc) is 2.81. The molecule has 0 N–H and O–H groups in total. The first-order chi connectivity index (χ1) is 9.45. The molecule has 0 aliphatic carbocycles. The highest BCUT2D eigenvalue weighted by atomic mass is 19.4. The molecule has 0 atom stereocenters. The Morgan fingerprint density at radius 2 is 1.60 bits per heavy atom. The molecule has 3 nitrogen and oxygen atoms in total. The zero-order valence-electron chi connectivity index (χ0n) is 9.89. The average molecular weight is 281 g/mol. The van der Waals surface area contributed by atoms with E-state index in [9.17, 15) is 17.6 Å². The number of rotatable bonds is 1. The first kappa shape index (κ1) is 12.6. The maximum absolute atomic E-state index is 12.9. The van der Waals surface area contributed by atoms with Crippen molar-refractivity contribution in [3.8, 4) is 11.4 Å². The fraction of sp³-hybridized carbons (Fsp3) is 0.0769. The lowest BCUT2D eigenvalue weighted by molar-refractivity contribution is -0.137. The molecule has 3 rings (SSSR count). The molecule has 0 amide bonds. The van der Waals surface area contributed by atoms with Gasteiger partial charge in [0.25, 0.3) is 0 Å². The van der Waals surface area contributed by atoms with Crippen LogP contribution in [0.4, 0.5) is 17.6 Å². The molecule has 102 valence electrons. The summed E-state index contributed by atoms with van der Waals surface area (Å²) in [5.74, 6) is -0.204. The van der Waals surface area contributed by atoms with Crippen molar-refractivity contribution in [3.63, 3.8) is 0 Å². The summed E-state index contributed by atoms with van der Waals surface area (Å²) < 4.78 is 52.2. The Hall–Kier alpha value is -2.44. The first-order valence-corrected chi connectivity index (χ1v) is 5.63. The van der Waals surface area contributed by atoms with Crippen molar-refractivity contribution in [1.29, 1.82) is 0 Å². The molecule has 0 saturated heterocycles. The van der Waals surface area contributed by atoms with Crippen LogP contribution in [0.25, 0.3) is 17.0 Å². The molecular formula is C13H7F4N3. The van der Waals surface area contributed by atoms with Crippen LogP contribution in [0.5, 0.6) is 0 Å². The highest BCUT2D eigenvalue weighted by Gasteiger charge is 2.31. The summed E-state index contributed by atoms with van der Waals surface area (Å²) in [5, 5.41) is 7.63. The third kappa shape index (κ3) is 2.11. The zero-order chi connectivity index (χ0) is 14.3. The van der Waals surface area contributed by atoms with E-state index in [4.69, 9.17) is 0 Å². The minimum absolute atomic E-state index is 0.228. The standard InChI is InChI=1S/C13H7F4N3/c14-10-4-1-8(2-5-10)12-19-18-11-6-3-9(7-20(11)12)13(15,16)17/h1-7H. The predicted molar refractivity (Wildman–Crippen MR) is 63.4 cm³/mol. The normalized spacial score (nSPS) is 12.0. The maximum Gasteiger partial charge on any atom is 0.417 e. The number of hydrogen-bond donors (Lipinski definition) is 0. The fourth-order valence-electron chi connectivity index (χ4n) is 1.85. The molecule has 0 bridgehead atoms. The van der Waals surface area contributed by atoms with Crippen molar-refractivity contribution in [1.82, 2.24) is 14.6 Å². The molecule has 0 aliphatic heterocycles. The number of alkyl halides is 3. The Balaban J connectivity index is 2.19. The molecule has 0 unspecified atom stereocenters. The number of benzene rings is 1. The van der Waals surface area contributed by atoms with Crippen molar-refractivity contribution in [2.45, 2.75) is 6.18 Å². The maximum atomic E-state index is 12.9. The van der Waals surface area contributed by atoms with Crippen LogP contribution in [0.2, 0.25) is 0 Å². The van der Waals surface area contributed by atoms with E-state index in [-0.39, 0.29) is 11.5 Å². The molecule has 0 saturated carbocycles.